The molecule has 13 heteroatoms. The van der Waals surface area contributed by atoms with Crippen LogP contribution in [0, 0.1) is 12.9 Å². The Labute approximate surface area is 210 Å². The first-order chi connectivity index (χ1) is 17.8. The molecule has 0 unspecified atom stereocenters. The Bertz CT molecular complexity index is 1460. The molecule has 0 aliphatic heterocycles. The number of halogens is 1. The van der Waals surface area contributed by atoms with Gasteiger partial charge in [-0.1, -0.05) is 5.21 Å². The molecule has 190 valence electrons. The van der Waals surface area contributed by atoms with E-state index in [4.69, 9.17) is 9.15 Å². The lowest BCUT2D eigenvalue weighted by Crippen LogP contribution is -2.19. The molecule has 1 fully saturated rings. The predicted octanol–water partition coefficient (Wildman–Crippen LogP) is 4.15. The van der Waals surface area contributed by atoms with E-state index < -0.39 is 24.1 Å². The minimum atomic E-state index is -0.886. The zero-order valence-corrected chi connectivity index (χ0v) is 20.2. The Morgan fingerprint density at radius 2 is 1.97 bits per heavy atom. The first kappa shape index (κ1) is 24.0. The summed E-state index contributed by atoms with van der Waals surface area (Å²) in [6.07, 6.45) is 4.56. The number of amides is 2. The van der Waals surface area contributed by atoms with Crippen molar-refractivity contribution in [3.8, 4) is 11.4 Å². The number of aryl methyl sites for hydroxylation is 2. The number of pyridine rings is 2. The van der Waals surface area contributed by atoms with Crippen molar-refractivity contribution in [2.75, 3.05) is 10.6 Å². The molecule has 4 aromatic heterocycles. The number of carbonyl (C=O) groups is 2. The molecule has 12 nitrogen and oxygen atoms in total. The molecule has 1 aliphatic rings. The van der Waals surface area contributed by atoms with E-state index in [1.165, 1.54) is 23.3 Å². The van der Waals surface area contributed by atoms with Gasteiger partial charge in [0.1, 0.15) is 6.10 Å². The summed E-state index contributed by atoms with van der Waals surface area (Å²) in [5.74, 6) is 0.0807. The van der Waals surface area contributed by atoms with E-state index in [2.05, 4.69) is 35.9 Å². The highest BCUT2D eigenvalue weighted by Gasteiger charge is 2.29. The Morgan fingerprint density at radius 1 is 1.16 bits per heavy atom. The second-order valence-corrected chi connectivity index (χ2v) is 8.70. The van der Waals surface area contributed by atoms with Crippen LogP contribution in [0.1, 0.15) is 59.4 Å². The van der Waals surface area contributed by atoms with Crippen LogP contribution in [0.4, 0.5) is 20.7 Å². The van der Waals surface area contributed by atoms with Crippen LogP contribution in [-0.4, -0.2) is 41.9 Å². The van der Waals surface area contributed by atoms with E-state index in [1.54, 1.807) is 39.1 Å². The number of hydrogen-bond acceptors (Lipinski definition) is 9. The van der Waals surface area contributed by atoms with Gasteiger partial charge in [0.15, 0.2) is 17.4 Å². The number of nitrogens with one attached hydrogen (secondary N) is 2. The maximum absolute atomic E-state index is 14.1. The monoisotopic (exact) mass is 506 g/mol. The van der Waals surface area contributed by atoms with Gasteiger partial charge in [-0.3, -0.25) is 15.1 Å². The summed E-state index contributed by atoms with van der Waals surface area (Å²) in [6, 6.07) is 4.81. The Hall–Kier alpha value is -4.68. The van der Waals surface area contributed by atoms with Gasteiger partial charge in [-0.05, 0) is 50.5 Å². The third kappa shape index (κ3) is 5.29. The van der Waals surface area contributed by atoms with Gasteiger partial charge in [-0.2, -0.15) is 4.39 Å². The maximum Gasteiger partial charge on any atom is 0.413 e. The van der Waals surface area contributed by atoms with Gasteiger partial charge in [0.2, 0.25) is 11.7 Å². The molecule has 4 heterocycles. The number of oxazole rings is 1. The second kappa shape index (κ2) is 9.76. The number of aromatic nitrogens is 6. The molecule has 37 heavy (non-hydrogen) atoms. The summed E-state index contributed by atoms with van der Waals surface area (Å²) in [5.41, 5.74) is 1.99. The summed E-state index contributed by atoms with van der Waals surface area (Å²) in [4.78, 5) is 37.1. The van der Waals surface area contributed by atoms with Gasteiger partial charge in [-0.25, -0.2) is 19.4 Å². The van der Waals surface area contributed by atoms with Crippen molar-refractivity contribution in [3.05, 3.63) is 65.5 Å². The smallest absolute Gasteiger partial charge is 0.413 e. The highest BCUT2D eigenvalue weighted by atomic mass is 19.1. The fraction of sp³-hybridized carbons (Fsp3) is 0.292. The molecule has 1 atom stereocenters. The summed E-state index contributed by atoms with van der Waals surface area (Å²) < 4.78 is 26.2. The van der Waals surface area contributed by atoms with Gasteiger partial charge >= 0.3 is 6.09 Å². The topological polar surface area (TPSA) is 150 Å². The molecule has 0 bridgehead atoms. The lowest BCUT2D eigenvalue weighted by molar-refractivity contribution is 0.0994. The molecule has 5 rings (SSSR count). The van der Waals surface area contributed by atoms with Crippen LogP contribution < -0.4 is 10.6 Å². The fourth-order valence-electron chi connectivity index (χ4n) is 3.59. The van der Waals surface area contributed by atoms with E-state index in [0.717, 1.165) is 18.4 Å². The maximum atomic E-state index is 14.1. The van der Waals surface area contributed by atoms with Gasteiger partial charge in [0.05, 0.1) is 23.8 Å². The minimum absolute atomic E-state index is 0.125. The Balaban J connectivity index is 1.25. The van der Waals surface area contributed by atoms with Crippen molar-refractivity contribution >= 4 is 23.5 Å². The molecule has 4 aromatic rings. The van der Waals surface area contributed by atoms with Crippen LogP contribution in [0.3, 0.4) is 0 Å². The van der Waals surface area contributed by atoms with E-state index in [-0.39, 0.29) is 22.8 Å². The summed E-state index contributed by atoms with van der Waals surface area (Å²) >= 11 is 0. The van der Waals surface area contributed by atoms with Crippen molar-refractivity contribution in [3.63, 3.8) is 0 Å². The Kier molecular flexibility index (Phi) is 6.34. The third-order valence-corrected chi connectivity index (χ3v) is 5.71. The van der Waals surface area contributed by atoms with Gasteiger partial charge in [-0.15, -0.1) is 5.10 Å². The molecule has 0 spiro atoms. The standard InChI is InChI=1S/C24H23FN8O4/c1-12-8-16(20(25)27-9-12)13(2)36-24(35)30-21-19(31-32-33(21)3)17-7-6-15(10-26-17)29-22(34)18-11-28-23(37-18)14-4-5-14/h6-11,13-14H,4-5H2,1-3H3,(H,29,34)(H,30,35)/t13-/m1/s1. The Morgan fingerprint density at radius 3 is 2.70 bits per heavy atom. The first-order valence-electron chi connectivity index (χ1n) is 11.5. The molecule has 2 amide bonds. The number of rotatable bonds is 7. The molecule has 0 aromatic carbocycles. The lowest BCUT2D eigenvalue weighted by Gasteiger charge is -2.15. The number of ether oxygens (including phenoxy) is 1. The summed E-state index contributed by atoms with van der Waals surface area (Å²) in [5, 5.41) is 13.3. The van der Waals surface area contributed by atoms with E-state index >= 15 is 0 Å². The molecule has 0 saturated heterocycles. The van der Waals surface area contributed by atoms with Crippen LogP contribution in [0.5, 0.6) is 0 Å². The average Bonchev–Trinajstić information content (AvgIpc) is 3.50. The predicted molar refractivity (Wildman–Crippen MR) is 128 cm³/mol. The highest BCUT2D eigenvalue weighted by molar-refractivity contribution is 6.02. The molecule has 1 aliphatic carbocycles. The number of hydrogen-bond donors (Lipinski definition) is 2. The summed E-state index contributed by atoms with van der Waals surface area (Å²) in [6.45, 7) is 3.31. The molecule has 1 saturated carbocycles. The summed E-state index contributed by atoms with van der Waals surface area (Å²) in [7, 11) is 1.58. The van der Waals surface area contributed by atoms with Crippen molar-refractivity contribution < 1.29 is 23.1 Å². The van der Waals surface area contributed by atoms with E-state index in [1.807, 2.05) is 0 Å². The van der Waals surface area contributed by atoms with Gasteiger partial charge < -0.3 is 14.5 Å². The number of nitrogens with zero attached hydrogens (tertiary/aromatic N) is 6. The largest absolute Gasteiger partial charge is 0.441 e. The van der Waals surface area contributed by atoms with Gasteiger partial charge in [0.25, 0.3) is 5.91 Å². The fourth-order valence-corrected chi connectivity index (χ4v) is 3.59. The first-order valence-corrected chi connectivity index (χ1v) is 11.5. The van der Waals surface area contributed by atoms with E-state index in [0.29, 0.717) is 23.2 Å². The average molecular weight is 506 g/mol. The quantitative estimate of drug-likeness (QED) is 0.352. The van der Waals surface area contributed by atoms with Crippen molar-refractivity contribution in [2.45, 2.75) is 38.7 Å². The lowest BCUT2D eigenvalue weighted by atomic mass is 10.1. The van der Waals surface area contributed by atoms with Crippen LogP contribution in [0.15, 0.2) is 41.2 Å². The van der Waals surface area contributed by atoms with Crippen LogP contribution in [0.25, 0.3) is 11.4 Å². The van der Waals surface area contributed by atoms with Gasteiger partial charge in [0, 0.05) is 24.7 Å². The molecular weight excluding hydrogens is 483 g/mol. The zero-order chi connectivity index (χ0) is 26.1. The molecular formula is C24H23FN8O4. The number of carbonyl (C=O) groups excluding carboxylic acids is 2. The normalized spacial score (nSPS) is 13.7. The van der Waals surface area contributed by atoms with E-state index in [9.17, 15) is 14.0 Å². The third-order valence-electron chi connectivity index (χ3n) is 5.71. The molecule has 0 radical (unpaired) electrons. The second-order valence-electron chi connectivity index (χ2n) is 8.70. The van der Waals surface area contributed by atoms with Crippen molar-refractivity contribution in [1.29, 1.82) is 0 Å². The zero-order valence-electron chi connectivity index (χ0n) is 20.2. The van der Waals surface area contributed by atoms with Crippen LogP contribution in [-0.2, 0) is 11.8 Å². The SMILES string of the molecule is Cc1cnc(F)c([C@@H](C)OC(=O)Nc2c(-c3ccc(NC(=O)c4cnc(C5CC5)o4)cn3)nnn2C)c1. The minimum Gasteiger partial charge on any atom is -0.441 e. The highest BCUT2D eigenvalue weighted by Crippen LogP contribution is 2.39. The molecule has 2 N–H and O–H groups in total. The van der Waals surface area contributed by atoms with Crippen LogP contribution in [0.2, 0.25) is 0 Å². The van der Waals surface area contributed by atoms with Crippen molar-refractivity contribution in [2.24, 2.45) is 7.05 Å². The number of anilines is 2. The van der Waals surface area contributed by atoms with Crippen LogP contribution >= 0.6 is 0 Å². The van der Waals surface area contributed by atoms with Crippen molar-refractivity contribution in [1.82, 2.24) is 29.9 Å².